The number of allylic oxidation sites excluding steroid dienone is 1. The number of carbonyl (C=O) groups excluding carboxylic acids is 1. The van der Waals surface area contributed by atoms with Crippen LogP contribution in [0.2, 0.25) is 0 Å². The first-order chi connectivity index (χ1) is 9.81. The number of hydrogen-bond donors (Lipinski definition) is 0. The molecule has 0 amide bonds. The van der Waals surface area contributed by atoms with Crippen LogP contribution >= 0.6 is 0 Å². The van der Waals surface area contributed by atoms with Crippen LogP contribution in [0.5, 0.6) is 0 Å². The van der Waals surface area contributed by atoms with Gasteiger partial charge in [0.15, 0.2) is 0 Å². The predicted octanol–water partition coefficient (Wildman–Crippen LogP) is 4.68. The Balaban J connectivity index is 2.19. The van der Waals surface area contributed by atoms with E-state index in [9.17, 15) is 4.79 Å². The fourth-order valence-electron chi connectivity index (χ4n) is 1.83. The third-order valence-corrected chi connectivity index (χ3v) is 2.89. The van der Waals surface area contributed by atoms with E-state index in [0.29, 0.717) is 11.3 Å². The average Bonchev–Trinajstić information content (AvgIpc) is 2.53. The Kier molecular flexibility index (Phi) is 5.13. The fourth-order valence-corrected chi connectivity index (χ4v) is 1.83. The third kappa shape index (κ3) is 3.82. The molecule has 0 aromatic heterocycles. The minimum Gasteiger partial charge on any atom is -0.423 e. The highest BCUT2D eigenvalue weighted by Crippen LogP contribution is 2.19. The summed E-state index contributed by atoms with van der Waals surface area (Å²) < 4.78 is 5.55. The van der Waals surface area contributed by atoms with Gasteiger partial charge in [0.05, 0.1) is 5.56 Å². The number of hydrogen-bond acceptors (Lipinski definition) is 2. The largest absolute Gasteiger partial charge is 0.423 e. The van der Waals surface area contributed by atoms with Gasteiger partial charge in [-0.15, -0.1) is 0 Å². The Bertz CT molecular complexity index is 571. The number of esters is 1. The molecule has 2 aromatic carbocycles. The molecule has 102 valence electrons. The van der Waals surface area contributed by atoms with E-state index in [1.54, 1.807) is 12.1 Å². The molecule has 2 heteroatoms. The first kappa shape index (κ1) is 14.1. The molecule has 0 bridgehead atoms. The number of benzene rings is 2. The second kappa shape index (κ2) is 7.29. The van der Waals surface area contributed by atoms with Crippen molar-refractivity contribution in [3.8, 4) is 0 Å². The van der Waals surface area contributed by atoms with Gasteiger partial charge in [0, 0.05) is 5.56 Å². The van der Waals surface area contributed by atoms with Crippen LogP contribution in [0.25, 0.3) is 5.76 Å². The van der Waals surface area contributed by atoms with Crippen LogP contribution in [0.15, 0.2) is 66.7 Å². The fraction of sp³-hybridized carbons (Fsp3) is 0.167. The first-order valence-corrected chi connectivity index (χ1v) is 6.84. The molecule has 20 heavy (non-hydrogen) atoms. The van der Waals surface area contributed by atoms with Crippen molar-refractivity contribution in [2.24, 2.45) is 0 Å². The summed E-state index contributed by atoms with van der Waals surface area (Å²) >= 11 is 0. The molecule has 2 aromatic rings. The Morgan fingerprint density at radius 1 is 0.950 bits per heavy atom. The van der Waals surface area contributed by atoms with Gasteiger partial charge in [-0.05, 0) is 24.6 Å². The molecule has 0 heterocycles. The molecule has 0 aliphatic rings. The minimum absolute atomic E-state index is 0.322. The molecule has 0 radical (unpaired) electrons. The van der Waals surface area contributed by atoms with Crippen molar-refractivity contribution in [3.05, 3.63) is 77.9 Å². The van der Waals surface area contributed by atoms with Crippen LogP contribution in [0.3, 0.4) is 0 Å². The van der Waals surface area contributed by atoms with Crippen LogP contribution in [-0.2, 0) is 4.74 Å². The SMILES string of the molecule is CCC/C=C(\OC(=O)c1ccccc1)c1ccccc1. The maximum absolute atomic E-state index is 12.1. The lowest BCUT2D eigenvalue weighted by Crippen LogP contribution is -2.04. The Morgan fingerprint density at radius 3 is 2.05 bits per heavy atom. The van der Waals surface area contributed by atoms with Crippen molar-refractivity contribution in [3.63, 3.8) is 0 Å². The van der Waals surface area contributed by atoms with Crippen molar-refractivity contribution >= 4 is 11.7 Å². The number of rotatable bonds is 5. The van der Waals surface area contributed by atoms with Crippen molar-refractivity contribution in [2.75, 3.05) is 0 Å². The van der Waals surface area contributed by atoms with Gasteiger partial charge in [-0.2, -0.15) is 0 Å². The third-order valence-electron chi connectivity index (χ3n) is 2.89. The van der Waals surface area contributed by atoms with Gasteiger partial charge in [0.1, 0.15) is 5.76 Å². The molecule has 0 saturated carbocycles. The van der Waals surface area contributed by atoms with E-state index in [1.807, 2.05) is 54.6 Å². The van der Waals surface area contributed by atoms with Crippen molar-refractivity contribution in [1.29, 1.82) is 0 Å². The van der Waals surface area contributed by atoms with Crippen molar-refractivity contribution < 1.29 is 9.53 Å². The average molecular weight is 266 g/mol. The van der Waals surface area contributed by atoms with Crippen LogP contribution in [0.4, 0.5) is 0 Å². The number of carbonyl (C=O) groups is 1. The Hall–Kier alpha value is -2.35. The van der Waals surface area contributed by atoms with Gasteiger partial charge in [-0.3, -0.25) is 0 Å². The molecule has 0 atom stereocenters. The van der Waals surface area contributed by atoms with E-state index < -0.39 is 0 Å². The standard InChI is InChI=1S/C18H18O2/c1-2-3-14-17(15-10-6-4-7-11-15)20-18(19)16-12-8-5-9-13-16/h4-14H,2-3H2,1H3/b17-14-. The topological polar surface area (TPSA) is 26.3 Å². The molecule has 0 saturated heterocycles. The Labute approximate surface area is 119 Å². The lowest BCUT2D eigenvalue weighted by molar-refractivity contribution is 0.0691. The molecule has 0 aliphatic heterocycles. The quantitative estimate of drug-likeness (QED) is 0.580. The van der Waals surface area contributed by atoms with Crippen LogP contribution in [-0.4, -0.2) is 5.97 Å². The summed E-state index contributed by atoms with van der Waals surface area (Å²) in [5.74, 6) is 0.304. The zero-order chi connectivity index (χ0) is 14.2. The van der Waals surface area contributed by atoms with E-state index in [2.05, 4.69) is 6.92 Å². The van der Waals surface area contributed by atoms with Crippen LogP contribution < -0.4 is 0 Å². The normalized spacial score (nSPS) is 11.2. The maximum atomic E-state index is 12.1. The maximum Gasteiger partial charge on any atom is 0.343 e. The van der Waals surface area contributed by atoms with E-state index in [4.69, 9.17) is 4.74 Å². The zero-order valence-electron chi connectivity index (χ0n) is 11.6. The van der Waals surface area contributed by atoms with Gasteiger partial charge in [-0.25, -0.2) is 4.79 Å². The molecular weight excluding hydrogens is 248 g/mol. The molecule has 0 aliphatic carbocycles. The molecular formula is C18H18O2. The highest BCUT2D eigenvalue weighted by Gasteiger charge is 2.11. The molecule has 0 spiro atoms. The van der Waals surface area contributed by atoms with Gasteiger partial charge >= 0.3 is 5.97 Å². The minimum atomic E-state index is -0.322. The summed E-state index contributed by atoms with van der Waals surface area (Å²) in [6, 6.07) is 18.7. The summed E-state index contributed by atoms with van der Waals surface area (Å²) in [6.07, 6.45) is 3.86. The van der Waals surface area contributed by atoms with Crippen molar-refractivity contribution in [2.45, 2.75) is 19.8 Å². The highest BCUT2D eigenvalue weighted by atomic mass is 16.5. The van der Waals surface area contributed by atoms with Gasteiger partial charge < -0.3 is 4.74 Å². The summed E-state index contributed by atoms with van der Waals surface area (Å²) in [6.45, 7) is 2.10. The van der Waals surface area contributed by atoms with Crippen molar-refractivity contribution in [1.82, 2.24) is 0 Å². The predicted molar refractivity (Wildman–Crippen MR) is 81.2 cm³/mol. The molecule has 0 unspecified atom stereocenters. The summed E-state index contributed by atoms with van der Waals surface area (Å²) in [5.41, 5.74) is 1.48. The van der Waals surface area contributed by atoms with E-state index in [-0.39, 0.29) is 5.97 Å². The molecule has 2 rings (SSSR count). The summed E-state index contributed by atoms with van der Waals surface area (Å²) in [7, 11) is 0. The second-order valence-corrected chi connectivity index (χ2v) is 4.48. The summed E-state index contributed by atoms with van der Waals surface area (Å²) in [5, 5.41) is 0. The lowest BCUT2D eigenvalue weighted by Gasteiger charge is -2.09. The zero-order valence-corrected chi connectivity index (χ0v) is 11.6. The smallest absolute Gasteiger partial charge is 0.343 e. The summed E-state index contributed by atoms with van der Waals surface area (Å²) in [4.78, 5) is 12.1. The Morgan fingerprint density at radius 2 is 1.50 bits per heavy atom. The molecule has 0 fully saturated rings. The van der Waals surface area contributed by atoms with Gasteiger partial charge in [0.25, 0.3) is 0 Å². The highest BCUT2D eigenvalue weighted by molar-refractivity contribution is 5.93. The van der Waals surface area contributed by atoms with E-state index in [0.717, 1.165) is 18.4 Å². The van der Waals surface area contributed by atoms with Crippen LogP contribution in [0.1, 0.15) is 35.7 Å². The van der Waals surface area contributed by atoms with E-state index in [1.165, 1.54) is 0 Å². The van der Waals surface area contributed by atoms with Gasteiger partial charge in [-0.1, -0.05) is 61.9 Å². The van der Waals surface area contributed by atoms with Crippen LogP contribution in [0, 0.1) is 0 Å². The lowest BCUT2D eigenvalue weighted by atomic mass is 10.1. The molecule has 0 N–H and O–H groups in total. The number of unbranched alkanes of at least 4 members (excludes halogenated alkanes) is 1. The number of ether oxygens (including phenoxy) is 1. The second-order valence-electron chi connectivity index (χ2n) is 4.48. The van der Waals surface area contributed by atoms with Gasteiger partial charge in [0.2, 0.25) is 0 Å². The van der Waals surface area contributed by atoms with E-state index >= 15 is 0 Å². The molecule has 2 nitrogen and oxygen atoms in total. The first-order valence-electron chi connectivity index (χ1n) is 6.84. The monoisotopic (exact) mass is 266 g/mol.